The number of carbonyl (C=O) groups is 2. The van der Waals surface area contributed by atoms with E-state index in [2.05, 4.69) is 36.2 Å². The lowest BCUT2D eigenvalue weighted by Gasteiger charge is -2.38. The molecule has 0 aromatic heterocycles. The third-order valence-corrected chi connectivity index (χ3v) is 5.80. The molecule has 1 amide bonds. The lowest BCUT2D eigenvalue weighted by Crippen LogP contribution is -2.40. The van der Waals surface area contributed by atoms with Gasteiger partial charge in [-0.3, -0.25) is 9.59 Å². The molecule has 1 saturated carbocycles. The van der Waals surface area contributed by atoms with E-state index in [1.54, 1.807) is 0 Å². The number of nitrogens with one attached hydrogen (secondary N) is 1. The number of esters is 1. The van der Waals surface area contributed by atoms with Crippen LogP contribution in [-0.4, -0.2) is 44.8 Å². The van der Waals surface area contributed by atoms with Gasteiger partial charge in [0.1, 0.15) is 6.61 Å². The van der Waals surface area contributed by atoms with Gasteiger partial charge in [-0.2, -0.15) is 0 Å². The zero-order chi connectivity index (χ0) is 22.8. The number of hydrogen-bond acceptors (Lipinski definition) is 5. The normalized spacial score (nSPS) is 15.5. The summed E-state index contributed by atoms with van der Waals surface area (Å²) in [5, 5.41) is 3.06. The van der Waals surface area contributed by atoms with Crippen LogP contribution in [0.1, 0.15) is 77.7 Å². The van der Waals surface area contributed by atoms with Gasteiger partial charge in [-0.15, -0.1) is 0 Å². The molecule has 0 radical (unpaired) electrons. The molecule has 31 heavy (non-hydrogen) atoms. The monoisotopic (exact) mass is 432 g/mol. The number of nitrogens with zero attached hydrogens (tertiary/aromatic N) is 1. The summed E-state index contributed by atoms with van der Waals surface area (Å²) < 4.78 is 10.1. The first-order chi connectivity index (χ1) is 14.8. The second kappa shape index (κ2) is 12.7. The minimum absolute atomic E-state index is 0.000550. The van der Waals surface area contributed by atoms with Gasteiger partial charge in [0.05, 0.1) is 24.4 Å². The Morgan fingerprint density at radius 3 is 2.48 bits per heavy atom. The molecule has 1 aliphatic carbocycles. The Kier molecular flexibility index (Phi) is 10.3. The van der Waals surface area contributed by atoms with E-state index in [0.717, 1.165) is 23.5 Å². The van der Waals surface area contributed by atoms with Crippen LogP contribution in [0.3, 0.4) is 0 Å². The van der Waals surface area contributed by atoms with Crippen LogP contribution >= 0.6 is 0 Å². The number of hydrogen-bond donors (Lipinski definition) is 1. The Hall–Kier alpha value is -2.08. The maximum Gasteiger partial charge on any atom is 0.306 e. The first-order valence-electron chi connectivity index (χ1n) is 11.7. The molecule has 1 aromatic rings. The fourth-order valence-electron chi connectivity index (χ4n) is 4.35. The molecule has 1 atom stereocenters. The highest BCUT2D eigenvalue weighted by Gasteiger charge is 2.25. The highest BCUT2D eigenvalue weighted by Crippen LogP contribution is 2.36. The molecule has 1 aliphatic rings. The molecule has 0 heterocycles. The van der Waals surface area contributed by atoms with Crippen molar-refractivity contribution in [2.75, 3.05) is 37.1 Å². The predicted molar refractivity (Wildman–Crippen MR) is 126 cm³/mol. The zero-order valence-corrected chi connectivity index (χ0v) is 19.9. The Balaban J connectivity index is 2.37. The Morgan fingerprint density at radius 1 is 1.16 bits per heavy atom. The van der Waals surface area contributed by atoms with E-state index >= 15 is 0 Å². The quantitative estimate of drug-likeness (QED) is 0.491. The summed E-state index contributed by atoms with van der Waals surface area (Å²) in [4.78, 5) is 26.8. The lowest BCUT2D eigenvalue weighted by molar-refractivity contribution is -0.143. The number of anilines is 2. The molecule has 6 heteroatoms. The van der Waals surface area contributed by atoms with Gasteiger partial charge >= 0.3 is 5.97 Å². The molecule has 6 nitrogen and oxygen atoms in total. The van der Waals surface area contributed by atoms with Crippen LogP contribution in [0.4, 0.5) is 11.4 Å². The van der Waals surface area contributed by atoms with Crippen molar-refractivity contribution in [3.05, 3.63) is 23.8 Å². The molecule has 174 valence electrons. The van der Waals surface area contributed by atoms with Crippen molar-refractivity contribution >= 4 is 23.3 Å². The van der Waals surface area contributed by atoms with Gasteiger partial charge in [-0.25, -0.2) is 0 Å². The van der Waals surface area contributed by atoms with Crippen molar-refractivity contribution in [3.8, 4) is 0 Å². The first-order valence-corrected chi connectivity index (χ1v) is 11.7. The average molecular weight is 433 g/mol. The van der Waals surface area contributed by atoms with Crippen molar-refractivity contribution in [3.63, 3.8) is 0 Å². The molecule has 1 unspecified atom stereocenters. The minimum atomic E-state index is -0.201. The molecule has 0 aliphatic heterocycles. The van der Waals surface area contributed by atoms with Crippen LogP contribution in [0.15, 0.2) is 18.2 Å². The lowest BCUT2D eigenvalue weighted by atomic mass is 9.92. The van der Waals surface area contributed by atoms with Crippen molar-refractivity contribution in [1.29, 1.82) is 0 Å². The van der Waals surface area contributed by atoms with Gasteiger partial charge in [0.15, 0.2) is 0 Å². The van der Waals surface area contributed by atoms with Crippen LogP contribution in [0.2, 0.25) is 0 Å². The van der Waals surface area contributed by atoms with Crippen LogP contribution in [-0.2, 0) is 19.1 Å². The highest BCUT2D eigenvalue weighted by atomic mass is 16.5. The summed E-state index contributed by atoms with van der Waals surface area (Å²) in [5.41, 5.74) is 2.86. The van der Waals surface area contributed by atoms with Crippen LogP contribution in [0, 0.1) is 5.92 Å². The Morgan fingerprint density at radius 2 is 1.87 bits per heavy atom. The van der Waals surface area contributed by atoms with Crippen molar-refractivity contribution in [2.45, 2.75) is 78.2 Å². The number of amides is 1. The van der Waals surface area contributed by atoms with E-state index in [-0.39, 0.29) is 24.4 Å². The van der Waals surface area contributed by atoms with Crippen LogP contribution in [0.5, 0.6) is 0 Å². The van der Waals surface area contributed by atoms with Crippen LogP contribution < -0.4 is 10.2 Å². The number of carbonyl (C=O) groups excluding carboxylic acids is 2. The van der Waals surface area contributed by atoms with Crippen molar-refractivity contribution < 1.29 is 19.1 Å². The number of methoxy groups -OCH3 is 1. The van der Waals surface area contributed by atoms with Gasteiger partial charge in [-0.05, 0) is 49.3 Å². The van der Waals surface area contributed by atoms with E-state index in [9.17, 15) is 9.59 Å². The SMILES string of the molecule is CCOC(=O)CC(C)c1ccc(N(CC(C)C)C2CCCCC2)c(NC(=O)COC)c1. The average Bonchev–Trinajstić information content (AvgIpc) is 2.73. The van der Waals surface area contributed by atoms with E-state index in [0.29, 0.717) is 25.0 Å². The number of rotatable bonds is 11. The Bertz CT molecular complexity index is 713. The fourth-order valence-corrected chi connectivity index (χ4v) is 4.35. The molecular weight excluding hydrogens is 392 g/mol. The minimum Gasteiger partial charge on any atom is -0.466 e. The Labute approximate surface area is 187 Å². The van der Waals surface area contributed by atoms with Gasteiger partial charge in [0.2, 0.25) is 5.91 Å². The highest BCUT2D eigenvalue weighted by molar-refractivity contribution is 5.95. The maximum absolute atomic E-state index is 12.4. The van der Waals surface area contributed by atoms with Gasteiger partial charge in [0.25, 0.3) is 0 Å². The van der Waals surface area contributed by atoms with E-state index in [1.165, 1.54) is 39.2 Å². The summed E-state index contributed by atoms with van der Waals surface area (Å²) in [6, 6.07) is 6.69. The van der Waals surface area contributed by atoms with Gasteiger partial charge in [-0.1, -0.05) is 46.1 Å². The molecular formula is C25H40N2O4. The van der Waals surface area contributed by atoms with E-state index in [1.807, 2.05) is 19.9 Å². The van der Waals surface area contributed by atoms with Crippen LogP contribution in [0.25, 0.3) is 0 Å². The summed E-state index contributed by atoms with van der Waals surface area (Å²) >= 11 is 0. The van der Waals surface area contributed by atoms with Crippen molar-refractivity contribution in [1.82, 2.24) is 0 Å². The third-order valence-electron chi connectivity index (χ3n) is 5.80. The first kappa shape index (κ1) is 25.2. The molecule has 0 bridgehead atoms. The molecule has 0 saturated heterocycles. The van der Waals surface area contributed by atoms with Gasteiger partial charge < -0.3 is 19.7 Å². The second-order valence-corrected chi connectivity index (χ2v) is 9.01. The molecule has 1 fully saturated rings. The second-order valence-electron chi connectivity index (χ2n) is 9.01. The third kappa shape index (κ3) is 7.84. The molecule has 1 aromatic carbocycles. The summed E-state index contributed by atoms with van der Waals surface area (Å²) in [7, 11) is 1.52. The maximum atomic E-state index is 12.4. The smallest absolute Gasteiger partial charge is 0.306 e. The fraction of sp³-hybridized carbons (Fsp3) is 0.680. The standard InChI is InChI=1S/C25H40N2O4/c1-6-31-25(29)14-19(4)20-12-13-23(22(15-20)26-24(28)17-30-5)27(16-18(2)3)21-10-8-7-9-11-21/h12-13,15,18-19,21H,6-11,14,16-17H2,1-5H3,(H,26,28). The topological polar surface area (TPSA) is 67.9 Å². The summed E-state index contributed by atoms with van der Waals surface area (Å²) in [6.07, 6.45) is 6.47. The van der Waals surface area contributed by atoms with Crippen molar-refractivity contribution in [2.24, 2.45) is 5.92 Å². The molecule has 2 rings (SSSR count). The largest absolute Gasteiger partial charge is 0.466 e. The summed E-state index contributed by atoms with van der Waals surface area (Å²) in [5.74, 6) is 0.131. The predicted octanol–water partition coefficient (Wildman–Crippen LogP) is 5.12. The molecule has 0 spiro atoms. The van der Waals surface area contributed by atoms with E-state index in [4.69, 9.17) is 9.47 Å². The number of benzene rings is 1. The zero-order valence-electron chi connectivity index (χ0n) is 19.9. The van der Waals surface area contributed by atoms with Gasteiger partial charge in [0, 0.05) is 19.7 Å². The van der Waals surface area contributed by atoms with E-state index < -0.39 is 0 Å². The summed E-state index contributed by atoms with van der Waals surface area (Å²) in [6.45, 7) is 9.62. The number of ether oxygens (including phenoxy) is 2. The molecule has 1 N–H and O–H groups in total.